The Morgan fingerprint density at radius 1 is 0.857 bits per heavy atom. The van der Waals surface area contributed by atoms with Crippen LogP contribution in [0, 0.1) is 0 Å². The molecule has 28 heavy (non-hydrogen) atoms. The Kier molecular flexibility index (Phi) is 5.20. The van der Waals surface area contributed by atoms with Gasteiger partial charge in [0.25, 0.3) is 11.9 Å². The highest BCUT2D eigenvalue weighted by molar-refractivity contribution is 6.01. The van der Waals surface area contributed by atoms with Crippen molar-refractivity contribution in [2.45, 2.75) is 20.0 Å². The molecule has 0 saturated carbocycles. The Morgan fingerprint density at radius 2 is 1.39 bits per heavy atom. The quantitative estimate of drug-likeness (QED) is 0.476. The zero-order valence-electron chi connectivity index (χ0n) is 15.8. The molecular weight excluding hydrogens is 348 g/mol. The topological polar surface area (TPSA) is 41.9 Å². The number of amidine groups is 1. The van der Waals surface area contributed by atoms with Crippen molar-refractivity contribution in [2.75, 3.05) is 6.61 Å². The number of amides is 1. The highest BCUT2D eigenvalue weighted by Crippen LogP contribution is 2.32. The molecule has 4 rings (SSSR count). The van der Waals surface area contributed by atoms with Crippen molar-refractivity contribution in [3.63, 3.8) is 0 Å². The number of hydrogen-bond acceptors (Lipinski definition) is 2. The number of carbonyl (C=O) groups excluding carboxylic acids is 1. The molecule has 0 atom stereocenters. The molecule has 0 radical (unpaired) electrons. The molecule has 4 nitrogen and oxygen atoms in total. The van der Waals surface area contributed by atoms with E-state index in [0.29, 0.717) is 31.3 Å². The van der Waals surface area contributed by atoms with Crippen molar-refractivity contribution >= 4 is 11.9 Å². The van der Waals surface area contributed by atoms with Gasteiger partial charge in [-0.25, -0.2) is 0 Å². The molecule has 1 aliphatic heterocycles. The summed E-state index contributed by atoms with van der Waals surface area (Å²) in [6.45, 7) is 3.61. The molecule has 0 N–H and O–H groups in total. The molecule has 4 heteroatoms. The number of benzene rings is 3. The first kappa shape index (κ1) is 18.0. The Hall–Kier alpha value is -3.40. The minimum absolute atomic E-state index is 0.296. The summed E-state index contributed by atoms with van der Waals surface area (Å²) in [5.74, 6) is -0.296. The number of fused-ring (bicyclic) bond motifs is 3. The number of nitrogens with zero attached hydrogens (tertiary/aromatic N) is 2. The Balaban J connectivity index is 1.74. The lowest BCUT2D eigenvalue weighted by Gasteiger charge is -2.24. The molecule has 3 aromatic rings. The first-order valence-corrected chi connectivity index (χ1v) is 9.48. The highest BCUT2D eigenvalue weighted by atomic mass is 16.5. The second-order valence-corrected chi connectivity index (χ2v) is 6.67. The van der Waals surface area contributed by atoms with Crippen LogP contribution in [0.5, 0.6) is 0 Å². The van der Waals surface area contributed by atoms with Crippen LogP contribution in [0.15, 0.2) is 83.9 Å². The van der Waals surface area contributed by atoms with Gasteiger partial charge >= 0.3 is 0 Å². The summed E-state index contributed by atoms with van der Waals surface area (Å²) in [5.41, 5.74) is 5.35. The lowest BCUT2D eigenvalue weighted by atomic mass is 9.97. The summed E-state index contributed by atoms with van der Waals surface area (Å²) in [7, 11) is 0. The first-order valence-electron chi connectivity index (χ1n) is 9.48. The lowest BCUT2D eigenvalue weighted by molar-refractivity contribution is 0.0993. The maximum atomic E-state index is 12.7. The van der Waals surface area contributed by atoms with Crippen molar-refractivity contribution in [3.05, 3.63) is 95.6 Å². The predicted octanol–water partition coefficient (Wildman–Crippen LogP) is 4.90. The van der Waals surface area contributed by atoms with Crippen LogP contribution in [-0.2, 0) is 17.8 Å². The van der Waals surface area contributed by atoms with Gasteiger partial charge in [-0.3, -0.25) is 4.79 Å². The minimum Gasteiger partial charge on any atom is -0.465 e. The summed E-state index contributed by atoms with van der Waals surface area (Å²) in [6, 6.07) is 26.2. The normalized spacial score (nSPS) is 13.3. The molecule has 0 fully saturated rings. The van der Waals surface area contributed by atoms with Gasteiger partial charge in [0.05, 0.1) is 6.61 Å². The maximum Gasteiger partial charge on any atom is 0.296 e. The summed E-state index contributed by atoms with van der Waals surface area (Å²) in [6.07, 6.45) is 0. The van der Waals surface area contributed by atoms with E-state index in [1.807, 2.05) is 42.2 Å². The van der Waals surface area contributed by atoms with Crippen molar-refractivity contribution in [1.82, 2.24) is 4.90 Å². The van der Waals surface area contributed by atoms with Crippen molar-refractivity contribution in [3.8, 4) is 11.1 Å². The number of ether oxygens (including phenoxy) is 1. The first-order chi connectivity index (χ1) is 13.8. The van der Waals surface area contributed by atoms with Crippen LogP contribution >= 0.6 is 0 Å². The number of rotatable bonds is 2. The molecule has 1 aliphatic rings. The van der Waals surface area contributed by atoms with Gasteiger partial charge in [-0.15, -0.1) is 0 Å². The fourth-order valence-electron chi connectivity index (χ4n) is 3.50. The zero-order chi connectivity index (χ0) is 19.3. The van der Waals surface area contributed by atoms with Crippen molar-refractivity contribution < 1.29 is 9.53 Å². The van der Waals surface area contributed by atoms with E-state index in [1.54, 1.807) is 12.1 Å². The SMILES string of the molecule is CCOC(=NC(=O)c1ccccc1)N1Cc2ccccc2-c2ccccc2C1. The molecule has 0 spiro atoms. The second-order valence-electron chi connectivity index (χ2n) is 6.67. The van der Waals surface area contributed by atoms with Gasteiger partial charge in [0.2, 0.25) is 0 Å². The number of aliphatic imine (C=N–C) groups is 1. The molecule has 3 aromatic carbocycles. The van der Waals surface area contributed by atoms with E-state index in [4.69, 9.17) is 4.74 Å². The van der Waals surface area contributed by atoms with Crippen molar-refractivity contribution in [2.24, 2.45) is 4.99 Å². The van der Waals surface area contributed by atoms with E-state index < -0.39 is 0 Å². The zero-order valence-corrected chi connectivity index (χ0v) is 15.8. The molecule has 0 saturated heterocycles. The van der Waals surface area contributed by atoms with Gasteiger partial charge < -0.3 is 9.64 Å². The predicted molar refractivity (Wildman–Crippen MR) is 111 cm³/mol. The summed E-state index contributed by atoms with van der Waals surface area (Å²) >= 11 is 0. The molecular formula is C24H22N2O2. The smallest absolute Gasteiger partial charge is 0.296 e. The average Bonchev–Trinajstić information content (AvgIpc) is 2.91. The van der Waals surface area contributed by atoms with E-state index in [2.05, 4.69) is 41.4 Å². The van der Waals surface area contributed by atoms with Crippen LogP contribution in [0.4, 0.5) is 0 Å². The fourth-order valence-corrected chi connectivity index (χ4v) is 3.50. The van der Waals surface area contributed by atoms with Gasteiger partial charge in [-0.1, -0.05) is 66.7 Å². The largest absolute Gasteiger partial charge is 0.465 e. The molecule has 0 unspecified atom stereocenters. The van der Waals surface area contributed by atoms with Gasteiger partial charge in [-0.05, 0) is 41.3 Å². The Bertz CT molecular complexity index is 964. The molecule has 0 aromatic heterocycles. The average molecular weight is 370 g/mol. The number of hydrogen-bond donors (Lipinski definition) is 0. The maximum absolute atomic E-state index is 12.7. The van der Waals surface area contributed by atoms with Crippen LogP contribution in [0.3, 0.4) is 0 Å². The van der Waals surface area contributed by atoms with E-state index in [1.165, 1.54) is 22.3 Å². The van der Waals surface area contributed by atoms with Crippen LogP contribution in [0.25, 0.3) is 11.1 Å². The third-order valence-electron chi connectivity index (χ3n) is 4.81. The molecule has 140 valence electrons. The fraction of sp³-hybridized carbons (Fsp3) is 0.167. The van der Waals surface area contributed by atoms with Crippen LogP contribution in [0.2, 0.25) is 0 Å². The number of carbonyl (C=O) groups is 1. The van der Waals surface area contributed by atoms with Crippen LogP contribution < -0.4 is 0 Å². The van der Waals surface area contributed by atoms with Gasteiger partial charge in [0.1, 0.15) is 0 Å². The Labute approximate surface area is 165 Å². The summed E-state index contributed by atoms with van der Waals surface area (Å²) < 4.78 is 5.81. The third kappa shape index (κ3) is 3.67. The summed E-state index contributed by atoms with van der Waals surface area (Å²) in [4.78, 5) is 19.0. The van der Waals surface area contributed by atoms with Gasteiger partial charge in [0.15, 0.2) is 0 Å². The Morgan fingerprint density at radius 3 is 1.96 bits per heavy atom. The van der Waals surface area contributed by atoms with Crippen LogP contribution in [-0.4, -0.2) is 23.4 Å². The molecule has 1 heterocycles. The van der Waals surface area contributed by atoms with Crippen molar-refractivity contribution in [1.29, 1.82) is 0 Å². The standard InChI is InChI=1S/C24H22N2O2/c1-2-28-24(25-23(27)18-10-4-3-5-11-18)26-16-19-12-6-8-14-21(19)22-15-9-7-13-20(22)17-26/h3-15H,2,16-17H2,1H3. The summed E-state index contributed by atoms with van der Waals surface area (Å²) in [5, 5.41) is 0. The third-order valence-corrected chi connectivity index (χ3v) is 4.81. The molecule has 1 amide bonds. The molecule has 0 aliphatic carbocycles. The van der Waals surface area contributed by atoms with Crippen LogP contribution in [0.1, 0.15) is 28.4 Å². The minimum atomic E-state index is -0.296. The monoisotopic (exact) mass is 370 g/mol. The highest BCUT2D eigenvalue weighted by Gasteiger charge is 2.23. The van der Waals surface area contributed by atoms with Gasteiger partial charge in [0, 0.05) is 18.7 Å². The van der Waals surface area contributed by atoms with E-state index in [-0.39, 0.29) is 5.91 Å². The second kappa shape index (κ2) is 8.09. The van der Waals surface area contributed by atoms with E-state index in [9.17, 15) is 4.79 Å². The van der Waals surface area contributed by atoms with Gasteiger partial charge in [-0.2, -0.15) is 4.99 Å². The van der Waals surface area contributed by atoms with E-state index >= 15 is 0 Å². The lowest BCUT2D eigenvalue weighted by Crippen LogP contribution is -2.32. The molecule has 0 bridgehead atoms. The van der Waals surface area contributed by atoms with E-state index in [0.717, 1.165) is 0 Å².